The number of amides is 3. The molecule has 2 aromatic carbocycles. The van der Waals surface area contributed by atoms with Gasteiger partial charge in [-0.05, 0) is 18.1 Å². The van der Waals surface area contributed by atoms with Gasteiger partial charge in [0.25, 0.3) is 0 Å². The largest absolute Gasteiger partial charge is 0.354 e. The van der Waals surface area contributed by atoms with Crippen molar-refractivity contribution in [3.8, 4) is 0 Å². The number of hydrogen-bond acceptors (Lipinski definition) is 2. The fraction of sp³-hybridized carbons (Fsp3) is 0.222. The maximum Gasteiger partial charge on any atom is 0.315 e. The molecule has 0 fully saturated rings. The third-order valence-electron chi connectivity index (χ3n) is 3.39. The van der Waals surface area contributed by atoms with Gasteiger partial charge in [-0.3, -0.25) is 4.79 Å². The van der Waals surface area contributed by atoms with Crippen molar-refractivity contribution in [2.24, 2.45) is 0 Å². The lowest BCUT2D eigenvalue weighted by molar-refractivity contribution is -0.120. The molecule has 0 radical (unpaired) electrons. The summed E-state index contributed by atoms with van der Waals surface area (Å²) in [5.41, 5.74) is 1.52. The monoisotopic (exact) mass is 329 g/mol. The van der Waals surface area contributed by atoms with E-state index >= 15 is 0 Å². The van der Waals surface area contributed by atoms with Gasteiger partial charge in [0.1, 0.15) is 5.82 Å². The van der Waals surface area contributed by atoms with Gasteiger partial charge in [-0.2, -0.15) is 0 Å². The first-order valence-electron chi connectivity index (χ1n) is 7.71. The minimum Gasteiger partial charge on any atom is -0.354 e. The Labute approximate surface area is 140 Å². The number of rotatable bonds is 7. The molecule has 0 aliphatic carbocycles. The van der Waals surface area contributed by atoms with E-state index in [0.717, 1.165) is 12.0 Å². The van der Waals surface area contributed by atoms with E-state index in [4.69, 9.17) is 0 Å². The van der Waals surface area contributed by atoms with E-state index in [1.165, 1.54) is 6.07 Å². The number of hydrogen-bond donors (Lipinski definition) is 3. The third kappa shape index (κ3) is 6.08. The molecule has 0 saturated heterocycles. The number of nitrogens with one attached hydrogen (secondary N) is 3. The number of carbonyl (C=O) groups excluding carboxylic acids is 2. The van der Waals surface area contributed by atoms with Crippen LogP contribution in [0.4, 0.5) is 9.18 Å². The van der Waals surface area contributed by atoms with Crippen LogP contribution in [0.3, 0.4) is 0 Å². The van der Waals surface area contributed by atoms with Gasteiger partial charge in [0, 0.05) is 18.7 Å². The second-order valence-electron chi connectivity index (χ2n) is 5.21. The second-order valence-corrected chi connectivity index (χ2v) is 5.21. The first kappa shape index (κ1) is 17.5. The summed E-state index contributed by atoms with van der Waals surface area (Å²) in [5.74, 6) is -0.650. The summed E-state index contributed by atoms with van der Waals surface area (Å²) in [6.07, 6.45) is 0.728. The van der Waals surface area contributed by atoms with Crippen LogP contribution in [-0.4, -0.2) is 25.0 Å². The molecular weight excluding hydrogens is 309 g/mol. The molecule has 0 atom stereocenters. The summed E-state index contributed by atoms with van der Waals surface area (Å²) in [6, 6.07) is 15.5. The van der Waals surface area contributed by atoms with Crippen LogP contribution in [-0.2, 0) is 17.8 Å². The van der Waals surface area contributed by atoms with Crippen LogP contribution in [0.5, 0.6) is 0 Å². The van der Waals surface area contributed by atoms with Crippen molar-refractivity contribution in [2.75, 3.05) is 13.1 Å². The maximum absolute atomic E-state index is 13.4. The molecule has 0 bridgehead atoms. The van der Waals surface area contributed by atoms with Gasteiger partial charge < -0.3 is 16.0 Å². The zero-order valence-corrected chi connectivity index (χ0v) is 13.2. The Morgan fingerprint density at radius 1 is 0.875 bits per heavy atom. The van der Waals surface area contributed by atoms with E-state index in [0.29, 0.717) is 12.1 Å². The van der Waals surface area contributed by atoms with Crippen LogP contribution in [0, 0.1) is 5.82 Å². The quantitative estimate of drug-likeness (QED) is 0.727. The van der Waals surface area contributed by atoms with Gasteiger partial charge in [-0.1, -0.05) is 48.5 Å². The van der Waals surface area contributed by atoms with Crippen molar-refractivity contribution >= 4 is 11.9 Å². The second kappa shape index (κ2) is 9.29. The molecule has 0 aromatic heterocycles. The maximum atomic E-state index is 13.4. The highest BCUT2D eigenvalue weighted by molar-refractivity contribution is 5.83. The van der Waals surface area contributed by atoms with E-state index in [2.05, 4.69) is 16.0 Å². The normalized spacial score (nSPS) is 10.0. The highest BCUT2D eigenvalue weighted by atomic mass is 19.1. The summed E-state index contributed by atoms with van der Waals surface area (Å²) < 4.78 is 13.4. The van der Waals surface area contributed by atoms with E-state index in [-0.39, 0.29) is 24.8 Å². The van der Waals surface area contributed by atoms with E-state index < -0.39 is 6.03 Å². The molecule has 2 aromatic rings. The smallest absolute Gasteiger partial charge is 0.315 e. The summed E-state index contributed by atoms with van der Waals surface area (Å²) in [4.78, 5) is 23.3. The van der Waals surface area contributed by atoms with Crippen LogP contribution in [0.25, 0.3) is 0 Å². The zero-order valence-electron chi connectivity index (χ0n) is 13.2. The van der Waals surface area contributed by atoms with Crippen LogP contribution in [0.1, 0.15) is 11.1 Å². The Bertz CT molecular complexity index is 677. The topological polar surface area (TPSA) is 70.2 Å². The number of halogens is 1. The van der Waals surface area contributed by atoms with Gasteiger partial charge in [0.05, 0.1) is 6.54 Å². The van der Waals surface area contributed by atoms with Gasteiger partial charge >= 0.3 is 6.03 Å². The molecule has 0 aliphatic rings. The molecule has 2 rings (SSSR count). The summed E-state index contributed by atoms with van der Waals surface area (Å²) in [7, 11) is 0. The summed E-state index contributed by atoms with van der Waals surface area (Å²) in [5, 5.41) is 7.67. The van der Waals surface area contributed by atoms with Gasteiger partial charge in [-0.25, -0.2) is 9.18 Å². The van der Waals surface area contributed by atoms with E-state index in [1.54, 1.807) is 18.2 Å². The molecule has 0 heterocycles. The van der Waals surface area contributed by atoms with E-state index in [1.807, 2.05) is 30.3 Å². The van der Waals surface area contributed by atoms with Crippen molar-refractivity contribution in [1.82, 2.24) is 16.0 Å². The Morgan fingerprint density at radius 2 is 1.58 bits per heavy atom. The fourth-order valence-corrected chi connectivity index (χ4v) is 2.09. The van der Waals surface area contributed by atoms with Crippen molar-refractivity contribution < 1.29 is 14.0 Å². The first-order chi connectivity index (χ1) is 11.6. The molecule has 0 unspecified atom stereocenters. The van der Waals surface area contributed by atoms with Crippen molar-refractivity contribution in [2.45, 2.75) is 13.0 Å². The van der Waals surface area contributed by atoms with Crippen LogP contribution < -0.4 is 16.0 Å². The molecule has 3 amide bonds. The first-order valence-corrected chi connectivity index (χ1v) is 7.71. The lowest BCUT2D eigenvalue weighted by Crippen LogP contribution is -2.42. The lowest BCUT2D eigenvalue weighted by atomic mass is 10.1. The average molecular weight is 329 g/mol. The van der Waals surface area contributed by atoms with Crippen LogP contribution in [0.15, 0.2) is 54.6 Å². The molecule has 0 aliphatic heterocycles. The Hall–Kier alpha value is -2.89. The van der Waals surface area contributed by atoms with E-state index in [9.17, 15) is 14.0 Å². The zero-order chi connectivity index (χ0) is 17.2. The predicted octanol–water partition coefficient (Wildman–Crippen LogP) is 1.98. The van der Waals surface area contributed by atoms with Gasteiger partial charge in [0.2, 0.25) is 5.91 Å². The molecule has 0 saturated carbocycles. The number of benzene rings is 2. The Balaban J connectivity index is 1.61. The molecule has 126 valence electrons. The standard InChI is InChI=1S/C18H20FN3O2/c19-16-9-5-4-8-15(16)12-21-18(24)22-13-17(23)20-11-10-14-6-2-1-3-7-14/h1-9H,10-13H2,(H,20,23)(H2,21,22,24). The third-order valence-corrected chi connectivity index (χ3v) is 3.39. The Morgan fingerprint density at radius 3 is 2.33 bits per heavy atom. The van der Waals surface area contributed by atoms with Crippen LogP contribution in [0.2, 0.25) is 0 Å². The van der Waals surface area contributed by atoms with Gasteiger partial charge in [-0.15, -0.1) is 0 Å². The predicted molar refractivity (Wildman–Crippen MR) is 89.8 cm³/mol. The van der Waals surface area contributed by atoms with Gasteiger partial charge in [0.15, 0.2) is 0 Å². The highest BCUT2D eigenvalue weighted by Crippen LogP contribution is 2.05. The molecule has 6 heteroatoms. The number of urea groups is 1. The average Bonchev–Trinajstić information content (AvgIpc) is 2.60. The molecule has 3 N–H and O–H groups in total. The molecule has 0 spiro atoms. The summed E-state index contributed by atoms with van der Waals surface area (Å²) in [6.45, 7) is 0.438. The van der Waals surface area contributed by atoms with Crippen LogP contribution >= 0.6 is 0 Å². The molecular formula is C18H20FN3O2. The van der Waals surface area contributed by atoms with Crippen molar-refractivity contribution in [3.63, 3.8) is 0 Å². The Kier molecular flexibility index (Phi) is 6.76. The van der Waals surface area contributed by atoms with Crippen molar-refractivity contribution in [1.29, 1.82) is 0 Å². The van der Waals surface area contributed by atoms with Crippen molar-refractivity contribution in [3.05, 3.63) is 71.5 Å². The summed E-state index contributed by atoms with van der Waals surface area (Å²) >= 11 is 0. The number of carbonyl (C=O) groups is 2. The fourth-order valence-electron chi connectivity index (χ4n) is 2.09. The minimum atomic E-state index is -0.517. The highest BCUT2D eigenvalue weighted by Gasteiger charge is 2.06. The lowest BCUT2D eigenvalue weighted by Gasteiger charge is -2.09. The minimum absolute atomic E-state index is 0.0636. The SMILES string of the molecule is O=C(CNC(=O)NCc1ccccc1F)NCCc1ccccc1. The molecule has 24 heavy (non-hydrogen) atoms. The molecule has 5 nitrogen and oxygen atoms in total.